The normalized spacial score (nSPS) is 15.2. The van der Waals surface area contributed by atoms with E-state index in [9.17, 15) is 17.6 Å². The van der Waals surface area contributed by atoms with E-state index in [0.717, 1.165) is 11.3 Å². The molecule has 1 aliphatic rings. The number of benzene rings is 2. The predicted molar refractivity (Wildman–Crippen MR) is 117 cm³/mol. The van der Waals surface area contributed by atoms with Gasteiger partial charge in [0.25, 0.3) is 0 Å². The zero-order valence-electron chi connectivity index (χ0n) is 16.6. The van der Waals surface area contributed by atoms with Crippen molar-refractivity contribution in [3.63, 3.8) is 0 Å². The van der Waals surface area contributed by atoms with Gasteiger partial charge in [-0.2, -0.15) is 4.31 Å². The Hall–Kier alpha value is -2.16. The number of rotatable bonds is 8. The topological polar surface area (TPSA) is 69.7 Å². The first-order valence-electron chi connectivity index (χ1n) is 9.83. The van der Waals surface area contributed by atoms with Gasteiger partial charge in [0.15, 0.2) is 0 Å². The lowest BCUT2D eigenvalue weighted by molar-refractivity contribution is -0.120. The molecule has 0 aromatic heterocycles. The van der Waals surface area contributed by atoms with Crippen molar-refractivity contribution in [2.75, 3.05) is 43.4 Å². The van der Waals surface area contributed by atoms with Crippen LogP contribution in [0.2, 0.25) is 5.02 Å². The summed E-state index contributed by atoms with van der Waals surface area (Å²) in [5.74, 6) is -0.451. The average molecular weight is 454 g/mol. The SMILES string of the molecule is O=C(Cc1ccc(Cl)cc1)NCCCS(=O)(=O)N1CCN(c2ccc(F)cc2)CC1. The molecule has 9 heteroatoms. The minimum Gasteiger partial charge on any atom is -0.369 e. The van der Waals surface area contributed by atoms with Crippen molar-refractivity contribution in [2.45, 2.75) is 12.8 Å². The van der Waals surface area contributed by atoms with Gasteiger partial charge >= 0.3 is 0 Å². The maximum Gasteiger partial charge on any atom is 0.224 e. The molecule has 0 aliphatic carbocycles. The largest absolute Gasteiger partial charge is 0.369 e. The van der Waals surface area contributed by atoms with Crippen molar-refractivity contribution >= 4 is 33.2 Å². The van der Waals surface area contributed by atoms with Crippen LogP contribution in [0.15, 0.2) is 48.5 Å². The number of piperazine rings is 1. The van der Waals surface area contributed by atoms with Crippen molar-refractivity contribution in [3.05, 3.63) is 64.9 Å². The number of carbonyl (C=O) groups is 1. The van der Waals surface area contributed by atoms with Crippen LogP contribution in [-0.4, -0.2) is 57.1 Å². The second-order valence-corrected chi connectivity index (χ2v) is 9.71. The number of halogens is 2. The summed E-state index contributed by atoms with van der Waals surface area (Å²) in [7, 11) is -3.38. The highest BCUT2D eigenvalue weighted by molar-refractivity contribution is 7.89. The summed E-state index contributed by atoms with van der Waals surface area (Å²) in [4.78, 5) is 14.0. The first-order chi connectivity index (χ1) is 14.3. The van der Waals surface area contributed by atoms with E-state index >= 15 is 0 Å². The third-order valence-electron chi connectivity index (χ3n) is 5.00. The second kappa shape index (κ2) is 10.2. The van der Waals surface area contributed by atoms with Crippen LogP contribution in [-0.2, 0) is 21.2 Å². The molecular weight excluding hydrogens is 429 g/mol. The minimum absolute atomic E-state index is 0.00915. The third-order valence-corrected chi connectivity index (χ3v) is 7.21. The highest BCUT2D eigenvalue weighted by Gasteiger charge is 2.26. The molecule has 2 aromatic carbocycles. The van der Waals surface area contributed by atoms with Gasteiger partial charge in [0.1, 0.15) is 5.82 Å². The molecular formula is C21H25ClFN3O3S. The van der Waals surface area contributed by atoms with Crippen LogP contribution in [0.1, 0.15) is 12.0 Å². The smallest absolute Gasteiger partial charge is 0.224 e. The number of hydrogen-bond acceptors (Lipinski definition) is 4. The average Bonchev–Trinajstić information content (AvgIpc) is 2.74. The Labute approximate surface area is 181 Å². The van der Waals surface area contributed by atoms with Gasteiger partial charge in [-0.3, -0.25) is 4.79 Å². The summed E-state index contributed by atoms with van der Waals surface area (Å²) in [5, 5.41) is 3.37. The molecule has 0 radical (unpaired) electrons. The van der Waals surface area contributed by atoms with Crippen LogP contribution >= 0.6 is 11.6 Å². The predicted octanol–water partition coefficient (Wildman–Crippen LogP) is 2.68. The van der Waals surface area contributed by atoms with Crippen LogP contribution in [0, 0.1) is 5.82 Å². The van der Waals surface area contributed by atoms with Gasteiger partial charge in [-0.25, -0.2) is 12.8 Å². The van der Waals surface area contributed by atoms with Gasteiger partial charge in [0, 0.05) is 43.4 Å². The van der Waals surface area contributed by atoms with E-state index in [4.69, 9.17) is 11.6 Å². The molecule has 1 saturated heterocycles. The molecule has 3 rings (SSSR count). The molecule has 30 heavy (non-hydrogen) atoms. The van der Waals surface area contributed by atoms with Crippen LogP contribution in [0.4, 0.5) is 10.1 Å². The van der Waals surface area contributed by atoms with Gasteiger partial charge in [-0.05, 0) is 48.4 Å². The van der Waals surface area contributed by atoms with Crippen LogP contribution in [0.3, 0.4) is 0 Å². The van der Waals surface area contributed by atoms with E-state index in [1.54, 1.807) is 36.4 Å². The van der Waals surface area contributed by atoms with Crippen LogP contribution in [0.25, 0.3) is 0 Å². The van der Waals surface area contributed by atoms with Crippen molar-refractivity contribution in [2.24, 2.45) is 0 Å². The van der Waals surface area contributed by atoms with Crippen LogP contribution in [0.5, 0.6) is 0 Å². The van der Waals surface area contributed by atoms with Crippen molar-refractivity contribution in [1.29, 1.82) is 0 Å². The Bertz CT molecular complexity index is 944. The van der Waals surface area contributed by atoms with E-state index in [0.29, 0.717) is 44.2 Å². The summed E-state index contributed by atoms with van der Waals surface area (Å²) in [6.07, 6.45) is 0.585. The van der Waals surface area contributed by atoms with Gasteiger partial charge < -0.3 is 10.2 Å². The van der Waals surface area contributed by atoms with Gasteiger partial charge in [0.2, 0.25) is 15.9 Å². The Balaban J connectivity index is 1.38. The van der Waals surface area contributed by atoms with Crippen molar-refractivity contribution < 1.29 is 17.6 Å². The summed E-state index contributed by atoms with van der Waals surface area (Å²) < 4.78 is 39.7. The molecule has 1 aliphatic heterocycles. The Morgan fingerprint density at radius 3 is 2.27 bits per heavy atom. The summed E-state index contributed by atoms with van der Waals surface area (Å²) in [6.45, 7) is 2.21. The third kappa shape index (κ3) is 6.42. The maximum atomic E-state index is 13.1. The van der Waals surface area contributed by atoms with E-state index < -0.39 is 10.0 Å². The highest BCUT2D eigenvalue weighted by atomic mass is 35.5. The van der Waals surface area contributed by atoms with E-state index in [-0.39, 0.29) is 23.9 Å². The number of carbonyl (C=O) groups excluding carboxylic acids is 1. The molecule has 162 valence electrons. The summed E-state index contributed by atoms with van der Waals surface area (Å²) in [5.41, 5.74) is 1.74. The molecule has 1 fully saturated rings. The fourth-order valence-corrected chi connectivity index (χ4v) is 4.95. The Kier molecular flexibility index (Phi) is 7.69. The Morgan fingerprint density at radius 2 is 1.63 bits per heavy atom. The molecule has 0 spiro atoms. The molecule has 0 bridgehead atoms. The van der Waals surface area contributed by atoms with E-state index in [1.165, 1.54) is 16.4 Å². The quantitative estimate of drug-likeness (QED) is 0.624. The monoisotopic (exact) mass is 453 g/mol. The summed E-state index contributed by atoms with van der Waals surface area (Å²) in [6, 6.07) is 13.2. The van der Waals surface area contributed by atoms with Crippen molar-refractivity contribution in [1.82, 2.24) is 9.62 Å². The van der Waals surface area contributed by atoms with E-state index in [2.05, 4.69) is 5.32 Å². The van der Waals surface area contributed by atoms with Gasteiger partial charge in [0.05, 0.1) is 12.2 Å². The molecule has 0 atom stereocenters. The number of sulfonamides is 1. The fraction of sp³-hybridized carbons (Fsp3) is 0.381. The first kappa shape index (κ1) is 22.5. The zero-order chi connectivity index (χ0) is 21.6. The van der Waals surface area contributed by atoms with Gasteiger partial charge in [-0.15, -0.1) is 0 Å². The molecule has 0 unspecified atom stereocenters. The number of anilines is 1. The lowest BCUT2D eigenvalue weighted by atomic mass is 10.1. The zero-order valence-corrected chi connectivity index (χ0v) is 18.1. The lowest BCUT2D eigenvalue weighted by Gasteiger charge is -2.35. The van der Waals surface area contributed by atoms with Crippen molar-refractivity contribution in [3.8, 4) is 0 Å². The number of hydrogen-bond donors (Lipinski definition) is 1. The summed E-state index contributed by atoms with van der Waals surface area (Å²) >= 11 is 5.82. The fourth-order valence-electron chi connectivity index (χ4n) is 3.34. The van der Waals surface area contributed by atoms with Crippen LogP contribution < -0.4 is 10.2 Å². The maximum absolute atomic E-state index is 13.1. The lowest BCUT2D eigenvalue weighted by Crippen LogP contribution is -2.49. The Morgan fingerprint density at radius 1 is 1.00 bits per heavy atom. The highest BCUT2D eigenvalue weighted by Crippen LogP contribution is 2.18. The first-order valence-corrected chi connectivity index (χ1v) is 11.8. The molecule has 1 N–H and O–H groups in total. The molecule has 1 heterocycles. The number of nitrogens with zero attached hydrogens (tertiary/aromatic N) is 2. The minimum atomic E-state index is -3.38. The standard InChI is InChI=1S/C21H25ClFN3O3S/c22-18-4-2-17(3-5-18)16-21(27)24-10-1-15-30(28,29)26-13-11-25(12-14-26)20-8-6-19(23)7-9-20/h2-9H,1,10-16H2,(H,24,27). The molecule has 6 nitrogen and oxygen atoms in total. The molecule has 1 amide bonds. The number of nitrogens with one attached hydrogen (secondary N) is 1. The molecule has 2 aromatic rings. The second-order valence-electron chi connectivity index (χ2n) is 7.19. The van der Waals surface area contributed by atoms with E-state index in [1.807, 2.05) is 4.90 Å². The van der Waals surface area contributed by atoms with Gasteiger partial charge in [-0.1, -0.05) is 23.7 Å². The number of amides is 1. The molecule has 0 saturated carbocycles.